The van der Waals surface area contributed by atoms with Gasteiger partial charge in [-0.2, -0.15) is 0 Å². The fourth-order valence-electron chi connectivity index (χ4n) is 1.71. The highest BCUT2D eigenvalue weighted by Gasteiger charge is 2.16. The molecule has 1 unspecified atom stereocenters. The van der Waals surface area contributed by atoms with Gasteiger partial charge in [0.2, 0.25) is 0 Å². The van der Waals surface area contributed by atoms with Gasteiger partial charge in [0.05, 0.1) is 11.7 Å². The Balaban J connectivity index is 2.25. The second-order valence-corrected chi connectivity index (χ2v) is 3.74. The van der Waals surface area contributed by atoms with E-state index in [2.05, 4.69) is 37.4 Å². The summed E-state index contributed by atoms with van der Waals surface area (Å²) in [5.74, 6) is 0.993. The first kappa shape index (κ1) is 9.38. The summed E-state index contributed by atoms with van der Waals surface area (Å²) >= 11 is 0. The number of aryl methyl sites for hydroxylation is 1. The molecule has 0 radical (unpaired) electrons. The molecule has 0 saturated heterocycles. The molecule has 0 amide bonds. The average molecular weight is 191 g/mol. The van der Waals surface area contributed by atoms with Crippen molar-refractivity contribution >= 4 is 5.69 Å². The molecule has 1 atom stereocenters. The van der Waals surface area contributed by atoms with Gasteiger partial charge >= 0.3 is 0 Å². The van der Waals surface area contributed by atoms with Crippen LogP contribution >= 0.6 is 0 Å². The van der Waals surface area contributed by atoms with Gasteiger partial charge in [0.1, 0.15) is 12.4 Å². The third kappa shape index (κ3) is 1.69. The molecule has 2 rings (SSSR count). The van der Waals surface area contributed by atoms with Gasteiger partial charge in [-0.15, -0.1) is 0 Å². The van der Waals surface area contributed by atoms with Crippen molar-refractivity contribution in [3.63, 3.8) is 0 Å². The summed E-state index contributed by atoms with van der Waals surface area (Å²) in [4.78, 5) is 0. The molecule has 0 spiro atoms. The number of fused-ring (bicyclic) bond motifs is 1. The zero-order valence-electron chi connectivity index (χ0n) is 8.84. The van der Waals surface area contributed by atoms with E-state index in [-0.39, 0.29) is 0 Å². The van der Waals surface area contributed by atoms with Crippen LogP contribution in [-0.2, 0) is 6.42 Å². The van der Waals surface area contributed by atoms with Crippen LogP contribution in [0.15, 0.2) is 18.2 Å². The van der Waals surface area contributed by atoms with Gasteiger partial charge in [-0.25, -0.2) is 0 Å². The summed E-state index contributed by atoms with van der Waals surface area (Å²) < 4.78 is 5.66. The van der Waals surface area contributed by atoms with Crippen molar-refractivity contribution in [1.82, 2.24) is 0 Å². The first-order valence-corrected chi connectivity index (χ1v) is 5.35. The molecule has 1 aromatic rings. The van der Waals surface area contributed by atoms with Crippen molar-refractivity contribution in [2.24, 2.45) is 0 Å². The second kappa shape index (κ2) is 3.91. The van der Waals surface area contributed by atoms with E-state index in [0.717, 1.165) is 30.9 Å². The van der Waals surface area contributed by atoms with Gasteiger partial charge in [0.25, 0.3) is 0 Å². The predicted octanol–water partition coefficient (Wildman–Crippen LogP) is 2.83. The van der Waals surface area contributed by atoms with Crippen LogP contribution in [0.5, 0.6) is 5.75 Å². The van der Waals surface area contributed by atoms with E-state index in [4.69, 9.17) is 4.74 Å². The van der Waals surface area contributed by atoms with Crippen molar-refractivity contribution in [2.75, 3.05) is 11.9 Å². The molecule has 0 fully saturated rings. The van der Waals surface area contributed by atoms with E-state index < -0.39 is 0 Å². The van der Waals surface area contributed by atoms with Crippen LogP contribution in [0.3, 0.4) is 0 Å². The topological polar surface area (TPSA) is 21.3 Å². The van der Waals surface area contributed by atoms with Crippen molar-refractivity contribution in [3.05, 3.63) is 23.8 Å². The minimum absolute atomic E-state index is 0.467. The maximum atomic E-state index is 5.66. The third-order valence-electron chi connectivity index (χ3n) is 2.74. The number of anilines is 1. The quantitative estimate of drug-likeness (QED) is 0.776. The Morgan fingerprint density at radius 1 is 1.43 bits per heavy atom. The first-order valence-electron chi connectivity index (χ1n) is 5.35. The molecule has 0 aliphatic carbocycles. The van der Waals surface area contributed by atoms with Gasteiger partial charge in [-0.1, -0.05) is 19.9 Å². The number of rotatable bonds is 2. The Kier molecular flexibility index (Phi) is 2.62. The maximum absolute atomic E-state index is 5.66. The molecule has 14 heavy (non-hydrogen) atoms. The van der Waals surface area contributed by atoms with Crippen LogP contribution in [0.1, 0.15) is 25.8 Å². The molecule has 2 heteroatoms. The van der Waals surface area contributed by atoms with Crippen molar-refractivity contribution in [3.8, 4) is 5.75 Å². The Morgan fingerprint density at radius 3 is 3.00 bits per heavy atom. The summed E-state index contributed by atoms with van der Waals surface area (Å²) in [6, 6.07) is 6.85. The molecule has 1 aromatic carbocycles. The van der Waals surface area contributed by atoms with E-state index in [1.54, 1.807) is 0 Å². The van der Waals surface area contributed by atoms with Crippen LogP contribution in [-0.4, -0.2) is 12.6 Å². The summed E-state index contributed by atoms with van der Waals surface area (Å²) in [6.45, 7) is 5.13. The highest BCUT2D eigenvalue weighted by molar-refractivity contribution is 5.60. The number of nitrogens with one attached hydrogen (secondary N) is 1. The Bertz CT molecular complexity index is 322. The zero-order chi connectivity index (χ0) is 9.97. The van der Waals surface area contributed by atoms with Crippen molar-refractivity contribution < 1.29 is 4.74 Å². The number of ether oxygens (including phenoxy) is 1. The molecular weight excluding hydrogens is 174 g/mol. The molecule has 2 nitrogen and oxygen atoms in total. The molecule has 1 N–H and O–H groups in total. The van der Waals surface area contributed by atoms with Gasteiger partial charge in [-0.3, -0.25) is 0 Å². The normalized spacial score (nSPS) is 19.4. The Labute approximate surface area is 85.3 Å². The Morgan fingerprint density at radius 2 is 2.29 bits per heavy atom. The summed E-state index contributed by atoms with van der Waals surface area (Å²) in [6.07, 6.45) is 2.18. The highest BCUT2D eigenvalue weighted by Crippen LogP contribution is 2.30. The molecule has 76 valence electrons. The molecular formula is C12H17NO. The molecule has 0 bridgehead atoms. The van der Waals surface area contributed by atoms with E-state index in [0.29, 0.717) is 6.04 Å². The molecule has 0 saturated carbocycles. The van der Waals surface area contributed by atoms with Crippen LogP contribution in [0.2, 0.25) is 0 Å². The van der Waals surface area contributed by atoms with Gasteiger partial charge in [0, 0.05) is 0 Å². The minimum atomic E-state index is 0.467. The molecule has 1 aliphatic rings. The van der Waals surface area contributed by atoms with Gasteiger partial charge in [-0.05, 0) is 30.5 Å². The van der Waals surface area contributed by atoms with Crippen LogP contribution in [0.25, 0.3) is 0 Å². The maximum Gasteiger partial charge on any atom is 0.142 e. The molecule has 1 aliphatic heterocycles. The summed E-state index contributed by atoms with van der Waals surface area (Å²) in [5, 5.41) is 3.50. The lowest BCUT2D eigenvalue weighted by Crippen LogP contribution is -2.30. The van der Waals surface area contributed by atoms with E-state index in [1.165, 1.54) is 5.56 Å². The predicted molar refractivity (Wildman–Crippen MR) is 59.0 cm³/mol. The molecule has 0 aromatic heterocycles. The minimum Gasteiger partial charge on any atom is -0.489 e. The van der Waals surface area contributed by atoms with E-state index in [9.17, 15) is 0 Å². The van der Waals surface area contributed by atoms with E-state index in [1.807, 2.05) is 0 Å². The fourth-order valence-corrected chi connectivity index (χ4v) is 1.71. The second-order valence-electron chi connectivity index (χ2n) is 3.74. The monoisotopic (exact) mass is 191 g/mol. The first-order chi connectivity index (χ1) is 6.83. The van der Waals surface area contributed by atoms with Crippen molar-refractivity contribution in [2.45, 2.75) is 32.7 Å². The Hall–Kier alpha value is -1.18. The lowest BCUT2D eigenvalue weighted by molar-refractivity contribution is 0.281. The van der Waals surface area contributed by atoms with Crippen LogP contribution in [0, 0.1) is 0 Å². The lowest BCUT2D eigenvalue weighted by Gasteiger charge is -2.27. The fraction of sp³-hybridized carbons (Fsp3) is 0.500. The average Bonchev–Trinajstić information content (AvgIpc) is 2.27. The summed E-state index contributed by atoms with van der Waals surface area (Å²) in [7, 11) is 0. The van der Waals surface area contributed by atoms with E-state index >= 15 is 0 Å². The summed E-state index contributed by atoms with van der Waals surface area (Å²) in [5.41, 5.74) is 2.51. The van der Waals surface area contributed by atoms with Gasteiger partial charge in [0.15, 0.2) is 0 Å². The smallest absolute Gasteiger partial charge is 0.142 e. The van der Waals surface area contributed by atoms with Crippen LogP contribution < -0.4 is 10.1 Å². The lowest BCUT2D eigenvalue weighted by atomic mass is 10.1. The SMILES string of the molecule is CCc1ccc2c(c1)NC(CC)CO2. The number of hydrogen-bond donors (Lipinski definition) is 1. The zero-order valence-corrected chi connectivity index (χ0v) is 8.84. The molecule has 1 heterocycles. The van der Waals surface area contributed by atoms with Crippen molar-refractivity contribution in [1.29, 1.82) is 0 Å². The number of benzene rings is 1. The third-order valence-corrected chi connectivity index (χ3v) is 2.74. The largest absolute Gasteiger partial charge is 0.489 e. The standard InChI is InChI=1S/C12H17NO/c1-3-9-5-6-12-11(7-9)13-10(4-2)8-14-12/h5-7,10,13H,3-4,8H2,1-2H3. The highest BCUT2D eigenvalue weighted by atomic mass is 16.5. The number of hydrogen-bond acceptors (Lipinski definition) is 2. The van der Waals surface area contributed by atoms with Crippen LogP contribution in [0.4, 0.5) is 5.69 Å². The van der Waals surface area contributed by atoms with Gasteiger partial charge < -0.3 is 10.1 Å².